The second kappa shape index (κ2) is 5.23. The minimum Gasteiger partial charge on any atom is -0.478 e. The van der Waals surface area contributed by atoms with Crippen molar-refractivity contribution < 1.29 is 14.7 Å². The fourth-order valence-electron chi connectivity index (χ4n) is 1.23. The molecule has 0 saturated carbocycles. The van der Waals surface area contributed by atoms with Gasteiger partial charge in [-0.25, -0.2) is 4.79 Å². The number of amides is 1. The van der Waals surface area contributed by atoms with E-state index in [4.69, 9.17) is 5.11 Å². The molecule has 0 aliphatic rings. The number of carbonyl (C=O) groups excluding carboxylic acids is 1. The Morgan fingerprint density at radius 1 is 1.39 bits per heavy atom. The van der Waals surface area contributed by atoms with Crippen LogP contribution in [0.25, 0.3) is 0 Å². The van der Waals surface area contributed by atoms with E-state index in [-0.39, 0.29) is 11.5 Å². The standard InChI is InChI=1S/C10H6BrN3O3S/c11-7-2-1-5(3-6(7)10(16)17)13-9(15)8-4-12-14-18-8/h1-4H,(H,13,15)(H,16,17). The number of aromatic nitrogens is 2. The molecule has 1 amide bonds. The first-order valence-corrected chi connectivity index (χ1v) is 6.26. The number of rotatable bonds is 3. The topological polar surface area (TPSA) is 92.2 Å². The Balaban J connectivity index is 2.22. The molecule has 0 fully saturated rings. The predicted molar refractivity (Wildman–Crippen MR) is 69.0 cm³/mol. The van der Waals surface area contributed by atoms with E-state index in [0.29, 0.717) is 15.0 Å². The van der Waals surface area contributed by atoms with Crippen molar-refractivity contribution in [1.82, 2.24) is 9.59 Å². The van der Waals surface area contributed by atoms with Crippen LogP contribution in [0, 0.1) is 0 Å². The molecule has 0 spiro atoms. The third-order valence-electron chi connectivity index (χ3n) is 2.04. The lowest BCUT2D eigenvalue weighted by Gasteiger charge is -2.05. The lowest BCUT2D eigenvalue weighted by Crippen LogP contribution is -2.11. The van der Waals surface area contributed by atoms with Gasteiger partial charge in [0, 0.05) is 10.2 Å². The molecule has 1 heterocycles. The first kappa shape index (κ1) is 12.7. The first-order chi connectivity index (χ1) is 8.58. The normalized spacial score (nSPS) is 10.1. The number of carboxylic acids is 1. The minimum atomic E-state index is -1.07. The molecule has 0 bridgehead atoms. The monoisotopic (exact) mass is 327 g/mol. The number of aromatic carboxylic acids is 1. The van der Waals surface area contributed by atoms with Gasteiger partial charge in [-0.15, -0.1) is 5.10 Å². The lowest BCUT2D eigenvalue weighted by molar-refractivity contribution is 0.0695. The van der Waals surface area contributed by atoms with Gasteiger partial charge in [0.25, 0.3) is 5.91 Å². The molecule has 2 N–H and O–H groups in total. The number of nitrogens with one attached hydrogen (secondary N) is 1. The van der Waals surface area contributed by atoms with Gasteiger partial charge in [0.2, 0.25) is 0 Å². The molecule has 0 aliphatic carbocycles. The average Bonchev–Trinajstić information content (AvgIpc) is 2.85. The average molecular weight is 328 g/mol. The molecule has 1 aromatic heterocycles. The molecule has 92 valence electrons. The third-order valence-corrected chi connectivity index (χ3v) is 3.39. The van der Waals surface area contributed by atoms with Crippen molar-refractivity contribution in [2.75, 3.05) is 5.32 Å². The maximum Gasteiger partial charge on any atom is 0.336 e. The maximum absolute atomic E-state index is 11.7. The highest BCUT2D eigenvalue weighted by molar-refractivity contribution is 9.10. The summed E-state index contributed by atoms with van der Waals surface area (Å²) in [5.41, 5.74) is 0.476. The molecule has 0 atom stereocenters. The zero-order valence-electron chi connectivity index (χ0n) is 8.75. The Kier molecular flexibility index (Phi) is 3.68. The van der Waals surface area contributed by atoms with E-state index in [0.717, 1.165) is 11.5 Å². The Morgan fingerprint density at radius 2 is 2.17 bits per heavy atom. The molecule has 2 aromatic rings. The molecule has 0 unspecified atom stereocenters. The number of nitrogens with zero attached hydrogens (tertiary/aromatic N) is 2. The highest BCUT2D eigenvalue weighted by Gasteiger charge is 2.12. The van der Waals surface area contributed by atoms with Gasteiger partial charge in [0.1, 0.15) is 4.88 Å². The van der Waals surface area contributed by atoms with Crippen LogP contribution in [-0.4, -0.2) is 26.6 Å². The van der Waals surface area contributed by atoms with Gasteiger partial charge >= 0.3 is 5.97 Å². The summed E-state index contributed by atoms with van der Waals surface area (Å²) in [6, 6.07) is 4.53. The zero-order valence-corrected chi connectivity index (χ0v) is 11.2. The summed E-state index contributed by atoms with van der Waals surface area (Å²) < 4.78 is 4.03. The van der Waals surface area contributed by atoms with E-state index in [1.165, 1.54) is 12.3 Å². The van der Waals surface area contributed by atoms with Crippen molar-refractivity contribution in [3.8, 4) is 0 Å². The first-order valence-electron chi connectivity index (χ1n) is 4.69. The number of hydrogen-bond donors (Lipinski definition) is 2. The predicted octanol–water partition coefficient (Wildman–Crippen LogP) is 2.25. The molecule has 0 aliphatic heterocycles. The fraction of sp³-hybridized carbons (Fsp3) is 0. The Labute approximate surface area is 114 Å². The molecule has 18 heavy (non-hydrogen) atoms. The van der Waals surface area contributed by atoms with Crippen LogP contribution in [0.2, 0.25) is 0 Å². The molecule has 0 radical (unpaired) electrons. The lowest BCUT2D eigenvalue weighted by atomic mass is 10.2. The summed E-state index contributed by atoms with van der Waals surface area (Å²) in [7, 11) is 0. The quantitative estimate of drug-likeness (QED) is 0.901. The number of carbonyl (C=O) groups is 2. The summed E-state index contributed by atoms with van der Waals surface area (Å²) in [6.45, 7) is 0. The number of benzene rings is 1. The molecular formula is C10H6BrN3O3S. The number of anilines is 1. The van der Waals surface area contributed by atoms with Crippen LogP contribution in [0.3, 0.4) is 0 Å². The van der Waals surface area contributed by atoms with E-state index >= 15 is 0 Å². The van der Waals surface area contributed by atoms with Crippen molar-refractivity contribution in [2.24, 2.45) is 0 Å². The third kappa shape index (κ3) is 2.71. The van der Waals surface area contributed by atoms with E-state index in [9.17, 15) is 9.59 Å². The summed E-state index contributed by atoms with van der Waals surface area (Å²) in [4.78, 5) is 23.0. The van der Waals surface area contributed by atoms with Crippen LogP contribution < -0.4 is 5.32 Å². The number of hydrogen-bond acceptors (Lipinski definition) is 5. The molecule has 8 heteroatoms. The highest BCUT2D eigenvalue weighted by atomic mass is 79.9. The van der Waals surface area contributed by atoms with Crippen LogP contribution in [-0.2, 0) is 0 Å². The Bertz CT molecular complexity index is 600. The van der Waals surface area contributed by atoms with Crippen LogP contribution in [0.1, 0.15) is 20.0 Å². The summed E-state index contributed by atoms with van der Waals surface area (Å²) >= 11 is 4.09. The van der Waals surface area contributed by atoms with E-state index in [1.54, 1.807) is 12.1 Å². The van der Waals surface area contributed by atoms with Crippen LogP contribution in [0.15, 0.2) is 28.9 Å². The molecule has 0 saturated heterocycles. The van der Waals surface area contributed by atoms with E-state index in [2.05, 4.69) is 30.8 Å². The van der Waals surface area contributed by atoms with Gasteiger partial charge in [-0.3, -0.25) is 4.79 Å². The van der Waals surface area contributed by atoms with Crippen LogP contribution >= 0.6 is 27.5 Å². The Hall–Kier alpha value is -1.80. The van der Waals surface area contributed by atoms with Gasteiger partial charge in [0.05, 0.1) is 11.8 Å². The second-order valence-electron chi connectivity index (χ2n) is 3.24. The largest absolute Gasteiger partial charge is 0.478 e. The molecule has 2 rings (SSSR count). The van der Waals surface area contributed by atoms with E-state index in [1.807, 2.05) is 0 Å². The van der Waals surface area contributed by atoms with Crippen LogP contribution in [0.4, 0.5) is 5.69 Å². The second-order valence-corrected chi connectivity index (χ2v) is 4.88. The van der Waals surface area contributed by atoms with Crippen molar-refractivity contribution in [1.29, 1.82) is 0 Å². The van der Waals surface area contributed by atoms with Crippen molar-refractivity contribution in [3.63, 3.8) is 0 Å². The summed E-state index contributed by atoms with van der Waals surface area (Å²) in [5.74, 6) is -1.44. The number of halogens is 1. The van der Waals surface area contributed by atoms with Gasteiger partial charge in [-0.05, 0) is 45.7 Å². The van der Waals surface area contributed by atoms with Crippen molar-refractivity contribution >= 4 is 45.0 Å². The fourth-order valence-corrected chi connectivity index (χ4v) is 2.05. The molecular weight excluding hydrogens is 322 g/mol. The maximum atomic E-state index is 11.7. The molecule has 6 nitrogen and oxygen atoms in total. The van der Waals surface area contributed by atoms with Crippen LogP contribution in [0.5, 0.6) is 0 Å². The highest BCUT2D eigenvalue weighted by Crippen LogP contribution is 2.21. The van der Waals surface area contributed by atoms with Crippen molar-refractivity contribution in [3.05, 3.63) is 39.3 Å². The minimum absolute atomic E-state index is 0.0789. The Morgan fingerprint density at radius 3 is 2.78 bits per heavy atom. The smallest absolute Gasteiger partial charge is 0.336 e. The van der Waals surface area contributed by atoms with Crippen molar-refractivity contribution in [2.45, 2.75) is 0 Å². The van der Waals surface area contributed by atoms with Gasteiger partial charge in [0.15, 0.2) is 0 Å². The van der Waals surface area contributed by atoms with Gasteiger partial charge in [-0.1, -0.05) is 4.49 Å². The van der Waals surface area contributed by atoms with Gasteiger partial charge < -0.3 is 10.4 Å². The molecule has 1 aromatic carbocycles. The zero-order chi connectivity index (χ0) is 13.1. The summed E-state index contributed by atoms with van der Waals surface area (Å²) in [6.07, 6.45) is 1.34. The number of carboxylic acid groups (broad SMARTS) is 1. The summed E-state index contributed by atoms with van der Waals surface area (Å²) in [5, 5.41) is 15.1. The SMILES string of the molecule is O=C(Nc1ccc(Br)c(C(=O)O)c1)c1cnns1. The van der Waals surface area contributed by atoms with E-state index < -0.39 is 5.97 Å². The van der Waals surface area contributed by atoms with Gasteiger partial charge in [-0.2, -0.15) is 0 Å².